The second kappa shape index (κ2) is 11.0. The molecule has 35 heavy (non-hydrogen) atoms. The van der Waals surface area contributed by atoms with Crippen molar-refractivity contribution in [1.82, 2.24) is 14.5 Å². The summed E-state index contributed by atoms with van der Waals surface area (Å²) in [5.41, 5.74) is 2.00. The third kappa shape index (κ3) is 5.73. The van der Waals surface area contributed by atoms with Gasteiger partial charge in [-0.05, 0) is 44.4 Å². The number of rotatable bonds is 10. The predicted octanol–water partition coefficient (Wildman–Crippen LogP) is 3.25. The molecule has 2 aromatic carbocycles. The molecule has 188 valence electrons. The van der Waals surface area contributed by atoms with Crippen LogP contribution in [0.2, 0.25) is 0 Å². The fourth-order valence-electron chi connectivity index (χ4n) is 4.16. The largest absolute Gasteiger partial charge is 0.352 e. The Bertz CT molecular complexity index is 1210. The fourth-order valence-corrected chi connectivity index (χ4v) is 5.73. The van der Waals surface area contributed by atoms with E-state index in [0.717, 1.165) is 21.9 Å². The van der Waals surface area contributed by atoms with Crippen LogP contribution in [0.15, 0.2) is 53.4 Å². The molecule has 3 amide bonds. The number of amides is 3. The molecule has 0 saturated heterocycles. The highest BCUT2D eigenvalue weighted by atomic mass is 32.2. The molecule has 0 aliphatic carbocycles. The first kappa shape index (κ1) is 26.4. The molecular formula is C26H33N3O5S. The quantitative estimate of drug-likeness (QED) is 0.540. The van der Waals surface area contributed by atoms with Gasteiger partial charge < -0.3 is 10.2 Å². The zero-order chi connectivity index (χ0) is 25.8. The third-order valence-electron chi connectivity index (χ3n) is 6.26. The van der Waals surface area contributed by atoms with E-state index >= 15 is 0 Å². The van der Waals surface area contributed by atoms with Gasteiger partial charge in [-0.25, -0.2) is 12.7 Å². The molecule has 0 fully saturated rings. The minimum atomic E-state index is -4.01. The van der Waals surface area contributed by atoms with Crippen molar-refractivity contribution in [3.63, 3.8) is 0 Å². The molecule has 1 N–H and O–H groups in total. The van der Waals surface area contributed by atoms with Crippen molar-refractivity contribution >= 4 is 27.7 Å². The first-order valence-corrected chi connectivity index (χ1v) is 13.4. The van der Waals surface area contributed by atoms with E-state index in [9.17, 15) is 22.8 Å². The molecule has 0 bridgehead atoms. The van der Waals surface area contributed by atoms with E-state index in [2.05, 4.69) is 5.32 Å². The molecule has 0 spiro atoms. The summed E-state index contributed by atoms with van der Waals surface area (Å²) in [5.74, 6) is -1.28. The average Bonchev–Trinajstić information content (AvgIpc) is 3.02. The van der Waals surface area contributed by atoms with Crippen molar-refractivity contribution in [2.45, 2.75) is 70.5 Å². The van der Waals surface area contributed by atoms with E-state index in [-0.39, 0.29) is 41.9 Å². The zero-order valence-electron chi connectivity index (χ0n) is 20.7. The van der Waals surface area contributed by atoms with Gasteiger partial charge in [0.25, 0.3) is 15.9 Å². The number of fused-ring (bicyclic) bond motifs is 1. The highest BCUT2D eigenvalue weighted by Gasteiger charge is 2.41. The molecule has 0 unspecified atom stereocenters. The van der Waals surface area contributed by atoms with Crippen LogP contribution in [0.3, 0.4) is 0 Å². The number of nitrogens with zero attached hydrogens (tertiary/aromatic N) is 2. The van der Waals surface area contributed by atoms with Gasteiger partial charge in [0.15, 0.2) is 0 Å². The van der Waals surface area contributed by atoms with Crippen LogP contribution in [0.5, 0.6) is 0 Å². The van der Waals surface area contributed by atoms with Gasteiger partial charge >= 0.3 is 0 Å². The Labute approximate surface area is 207 Å². The maximum atomic E-state index is 13.5. The van der Waals surface area contributed by atoms with Crippen molar-refractivity contribution in [3.05, 3.63) is 65.2 Å². The summed E-state index contributed by atoms with van der Waals surface area (Å²) in [6.07, 6.45) is 0.924. The van der Waals surface area contributed by atoms with Crippen LogP contribution in [0.4, 0.5) is 0 Å². The molecular weight excluding hydrogens is 466 g/mol. The lowest BCUT2D eigenvalue weighted by Crippen LogP contribution is -2.51. The van der Waals surface area contributed by atoms with E-state index in [4.69, 9.17) is 0 Å². The van der Waals surface area contributed by atoms with E-state index in [1.165, 1.54) is 17.0 Å². The molecule has 0 aromatic heterocycles. The van der Waals surface area contributed by atoms with Crippen LogP contribution >= 0.6 is 0 Å². The lowest BCUT2D eigenvalue weighted by molar-refractivity contribution is -0.141. The van der Waals surface area contributed by atoms with Crippen LogP contribution in [0, 0.1) is 6.92 Å². The highest BCUT2D eigenvalue weighted by Crippen LogP contribution is 2.30. The fraction of sp³-hybridized carbons (Fsp3) is 0.423. The number of hydrogen-bond acceptors (Lipinski definition) is 5. The molecule has 2 aromatic rings. The van der Waals surface area contributed by atoms with E-state index in [0.29, 0.717) is 6.42 Å². The number of carbonyl (C=O) groups is 3. The second-order valence-electron chi connectivity index (χ2n) is 8.88. The third-order valence-corrected chi connectivity index (χ3v) is 8.10. The van der Waals surface area contributed by atoms with Gasteiger partial charge in [0, 0.05) is 25.6 Å². The molecule has 1 aliphatic rings. The number of carbonyl (C=O) groups excluding carboxylic acids is 3. The Balaban J connectivity index is 1.83. The van der Waals surface area contributed by atoms with Crippen LogP contribution in [-0.4, -0.2) is 54.0 Å². The van der Waals surface area contributed by atoms with Gasteiger partial charge in [0.05, 0.1) is 5.56 Å². The van der Waals surface area contributed by atoms with Gasteiger partial charge in [-0.15, -0.1) is 0 Å². The van der Waals surface area contributed by atoms with Crippen LogP contribution in [-0.2, 0) is 26.2 Å². The molecule has 9 heteroatoms. The number of benzene rings is 2. The zero-order valence-corrected chi connectivity index (χ0v) is 21.5. The van der Waals surface area contributed by atoms with Gasteiger partial charge in [-0.2, -0.15) is 0 Å². The van der Waals surface area contributed by atoms with E-state index in [1.807, 2.05) is 52.0 Å². The van der Waals surface area contributed by atoms with Crippen molar-refractivity contribution in [3.8, 4) is 0 Å². The maximum absolute atomic E-state index is 13.5. The summed E-state index contributed by atoms with van der Waals surface area (Å²) < 4.78 is 26.5. The standard InChI is InChI=1S/C26H33N3O5S/c1-5-19(4)27-25(31)22(6-2)28(17-20-11-9-10-18(3)16-20)24(30)14-15-29-26(32)21-12-7-8-13-23(21)35(29,33)34/h7-13,16,19,22H,5-6,14-15,17H2,1-4H3,(H,27,31)/t19-,22-/m1/s1. The van der Waals surface area contributed by atoms with Gasteiger partial charge in [0.1, 0.15) is 10.9 Å². The molecule has 1 aliphatic heterocycles. The summed E-state index contributed by atoms with van der Waals surface area (Å²) in [5, 5.41) is 2.95. The summed E-state index contributed by atoms with van der Waals surface area (Å²) >= 11 is 0. The van der Waals surface area contributed by atoms with Crippen molar-refractivity contribution in [1.29, 1.82) is 0 Å². The van der Waals surface area contributed by atoms with Crippen LogP contribution in [0.1, 0.15) is 61.5 Å². The monoisotopic (exact) mass is 499 g/mol. The molecule has 0 radical (unpaired) electrons. The minimum absolute atomic E-state index is 0.0432. The first-order chi connectivity index (χ1) is 16.6. The summed E-state index contributed by atoms with van der Waals surface area (Å²) in [4.78, 5) is 40.7. The van der Waals surface area contributed by atoms with Crippen molar-refractivity contribution in [2.24, 2.45) is 0 Å². The lowest BCUT2D eigenvalue weighted by Gasteiger charge is -2.32. The van der Waals surface area contributed by atoms with Gasteiger partial charge in [-0.3, -0.25) is 14.4 Å². The average molecular weight is 500 g/mol. The molecule has 0 saturated carbocycles. The number of hydrogen-bond donors (Lipinski definition) is 1. The summed E-state index contributed by atoms with van der Waals surface area (Å²) in [7, 11) is -4.01. The SMILES string of the molecule is CC[C@@H](C)NC(=O)[C@@H](CC)N(Cc1cccc(C)c1)C(=O)CCN1C(=O)c2ccccc2S1(=O)=O. The Morgan fingerprint density at radius 1 is 1.06 bits per heavy atom. The smallest absolute Gasteiger partial charge is 0.269 e. The second-order valence-corrected chi connectivity index (χ2v) is 10.7. The number of sulfonamides is 1. The maximum Gasteiger partial charge on any atom is 0.269 e. The molecule has 2 atom stereocenters. The minimum Gasteiger partial charge on any atom is -0.352 e. The first-order valence-electron chi connectivity index (χ1n) is 11.9. The molecule has 3 rings (SSSR count). The Hall–Kier alpha value is -3.20. The van der Waals surface area contributed by atoms with E-state index < -0.39 is 27.9 Å². The Morgan fingerprint density at radius 2 is 1.77 bits per heavy atom. The van der Waals surface area contributed by atoms with Gasteiger partial charge in [0.2, 0.25) is 11.8 Å². The van der Waals surface area contributed by atoms with Crippen molar-refractivity contribution < 1.29 is 22.8 Å². The van der Waals surface area contributed by atoms with E-state index in [1.54, 1.807) is 12.1 Å². The Kier molecular flexibility index (Phi) is 8.32. The topological polar surface area (TPSA) is 104 Å². The normalized spacial score (nSPS) is 15.9. The summed E-state index contributed by atoms with van der Waals surface area (Å²) in [6, 6.07) is 12.9. The number of nitrogens with one attached hydrogen (secondary N) is 1. The summed E-state index contributed by atoms with van der Waals surface area (Å²) in [6.45, 7) is 7.56. The molecule has 1 heterocycles. The van der Waals surface area contributed by atoms with Gasteiger partial charge in [-0.1, -0.05) is 55.8 Å². The highest BCUT2D eigenvalue weighted by molar-refractivity contribution is 7.90. The lowest BCUT2D eigenvalue weighted by atomic mass is 10.1. The Morgan fingerprint density at radius 3 is 2.40 bits per heavy atom. The predicted molar refractivity (Wildman–Crippen MR) is 133 cm³/mol. The molecule has 8 nitrogen and oxygen atoms in total. The van der Waals surface area contributed by atoms with Crippen molar-refractivity contribution in [2.75, 3.05) is 6.54 Å². The van der Waals surface area contributed by atoms with Crippen LogP contribution < -0.4 is 5.32 Å². The van der Waals surface area contributed by atoms with Crippen LogP contribution in [0.25, 0.3) is 0 Å². The number of aryl methyl sites for hydroxylation is 1.